The Bertz CT molecular complexity index is 1070. The molecule has 0 radical (unpaired) electrons. The minimum atomic E-state index is -4.56. The van der Waals surface area contributed by atoms with Gasteiger partial charge in [0.05, 0.1) is 27.9 Å². The quantitative estimate of drug-likeness (QED) is 0.673. The summed E-state index contributed by atoms with van der Waals surface area (Å²) in [6.45, 7) is 2.54. The van der Waals surface area contributed by atoms with E-state index in [1.807, 2.05) is 0 Å². The summed E-state index contributed by atoms with van der Waals surface area (Å²) in [7, 11) is 0. The van der Waals surface area contributed by atoms with Gasteiger partial charge in [0.15, 0.2) is 0 Å². The number of fused-ring (bicyclic) bond motifs is 1. The third-order valence-corrected chi connectivity index (χ3v) is 4.87. The number of rotatable bonds is 2. The van der Waals surface area contributed by atoms with E-state index in [0.717, 1.165) is 6.07 Å². The molecule has 0 spiro atoms. The highest BCUT2D eigenvalue weighted by molar-refractivity contribution is 6.07. The Morgan fingerprint density at radius 3 is 2.69 bits per heavy atom. The maximum atomic E-state index is 13.4. The lowest BCUT2D eigenvalue weighted by Crippen LogP contribution is -2.32. The van der Waals surface area contributed by atoms with Crippen LogP contribution in [0.2, 0.25) is 0 Å². The first-order valence-corrected chi connectivity index (χ1v) is 8.74. The molecule has 4 rings (SSSR count). The molecule has 0 aliphatic carbocycles. The van der Waals surface area contributed by atoms with Crippen LogP contribution in [-0.2, 0) is 6.18 Å². The fourth-order valence-electron chi connectivity index (χ4n) is 3.50. The summed E-state index contributed by atoms with van der Waals surface area (Å²) < 4.78 is 45.5. The fraction of sp³-hybridized carbons (Fsp3) is 0.316. The van der Waals surface area contributed by atoms with Crippen molar-refractivity contribution < 1.29 is 22.5 Å². The third-order valence-electron chi connectivity index (χ3n) is 4.87. The molecule has 1 amide bonds. The van der Waals surface area contributed by atoms with Crippen LogP contribution < -0.4 is 5.73 Å². The third kappa shape index (κ3) is 3.79. The second-order valence-electron chi connectivity index (χ2n) is 6.85. The van der Waals surface area contributed by atoms with Crippen molar-refractivity contribution in [2.75, 3.05) is 13.1 Å². The lowest BCUT2D eigenvalue weighted by atomic mass is 10.0. The molecule has 3 aromatic rings. The first kappa shape index (κ1) is 21.1. The standard InChI is InChI=1S/C19H17F3N4O2.ClH/c1-10-16-13(18(27)26-7-6-11(23)9-26)8-15(24-17(16)28-25-10)12-4-2-3-5-14(12)19(20,21)22;/h2-5,8,11H,6-7,9,23H2,1H3;1H/t11-;/m1./s1. The van der Waals surface area contributed by atoms with Crippen molar-refractivity contribution >= 4 is 29.4 Å². The van der Waals surface area contributed by atoms with Crippen LogP contribution in [-0.4, -0.2) is 40.1 Å². The number of hydrogen-bond acceptors (Lipinski definition) is 5. The molecule has 1 fully saturated rings. The van der Waals surface area contributed by atoms with E-state index in [1.54, 1.807) is 11.8 Å². The molecule has 0 saturated carbocycles. The van der Waals surface area contributed by atoms with Crippen LogP contribution in [0.15, 0.2) is 34.9 Å². The normalized spacial score (nSPS) is 16.9. The molecule has 0 unspecified atom stereocenters. The number of aryl methyl sites for hydroxylation is 1. The van der Waals surface area contributed by atoms with Crippen molar-refractivity contribution in [3.63, 3.8) is 0 Å². The summed E-state index contributed by atoms with van der Waals surface area (Å²) >= 11 is 0. The molecule has 29 heavy (non-hydrogen) atoms. The number of alkyl halides is 3. The predicted molar refractivity (Wildman–Crippen MR) is 103 cm³/mol. The molecule has 154 valence electrons. The molecule has 10 heteroatoms. The SMILES string of the molecule is Cc1noc2nc(-c3ccccc3C(F)(F)F)cc(C(=O)N3CC[C@@H](N)C3)c12.Cl. The van der Waals surface area contributed by atoms with E-state index in [0.29, 0.717) is 30.6 Å². The van der Waals surface area contributed by atoms with E-state index in [1.165, 1.54) is 24.3 Å². The molecule has 1 aromatic carbocycles. The molecule has 2 aromatic heterocycles. The number of aromatic nitrogens is 2. The van der Waals surface area contributed by atoms with Crippen molar-refractivity contribution in [3.05, 3.63) is 47.2 Å². The van der Waals surface area contributed by atoms with Crippen LogP contribution >= 0.6 is 12.4 Å². The number of carbonyl (C=O) groups excluding carboxylic acids is 1. The Kier molecular flexibility index (Phi) is 5.55. The topological polar surface area (TPSA) is 85.2 Å². The van der Waals surface area contributed by atoms with Crippen molar-refractivity contribution in [3.8, 4) is 11.3 Å². The highest BCUT2D eigenvalue weighted by atomic mass is 35.5. The van der Waals surface area contributed by atoms with Gasteiger partial charge in [-0.25, -0.2) is 4.98 Å². The second-order valence-corrected chi connectivity index (χ2v) is 6.85. The average molecular weight is 427 g/mol. The van der Waals surface area contributed by atoms with E-state index in [4.69, 9.17) is 10.3 Å². The summed E-state index contributed by atoms with van der Waals surface area (Å²) in [5.41, 5.74) is 5.62. The van der Waals surface area contributed by atoms with Crippen molar-refractivity contribution in [2.24, 2.45) is 5.73 Å². The highest BCUT2D eigenvalue weighted by Crippen LogP contribution is 2.37. The Balaban J connectivity index is 0.00000240. The molecule has 2 N–H and O–H groups in total. The van der Waals surface area contributed by atoms with Gasteiger partial charge in [-0.05, 0) is 25.5 Å². The molecule has 3 heterocycles. The number of amides is 1. The maximum absolute atomic E-state index is 13.4. The predicted octanol–water partition coefficient (Wildman–Crippen LogP) is 3.81. The van der Waals surface area contributed by atoms with Crippen LogP contribution in [0.3, 0.4) is 0 Å². The van der Waals surface area contributed by atoms with Crippen molar-refractivity contribution in [1.29, 1.82) is 0 Å². The Morgan fingerprint density at radius 1 is 1.31 bits per heavy atom. The summed E-state index contributed by atoms with van der Waals surface area (Å²) in [6, 6.07) is 6.36. The first-order valence-electron chi connectivity index (χ1n) is 8.74. The molecule has 1 aliphatic rings. The first-order chi connectivity index (χ1) is 13.3. The van der Waals surface area contributed by atoms with Gasteiger partial charge in [0, 0.05) is 24.7 Å². The highest BCUT2D eigenvalue weighted by Gasteiger charge is 2.34. The van der Waals surface area contributed by atoms with Crippen molar-refractivity contribution in [2.45, 2.75) is 25.6 Å². The van der Waals surface area contributed by atoms with Gasteiger partial charge in [-0.15, -0.1) is 12.4 Å². The number of nitrogens with two attached hydrogens (primary N) is 1. The smallest absolute Gasteiger partial charge is 0.337 e. The molecular formula is C19H18ClF3N4O2. The summed E-state index contributed by atoms with van der Waals surface area (Å²) in [5.74, 6) is -0.322. The van der Waals surface area contributed by atoms with Gasteiger partial charge in [0.1, 0.15) is 0 Å². The zero-order chi connectivity index (χ0) is 20.1. The van der Waals surface area contributed by atoms with Crippen LogP contribution in [0.4, 0.5) is 13.2 Å². The monoisotopic (exact) mass is 426 g/mol. The van der Waals surface area contributed by atoms with E-state index in [2.05, 4.69) is 10.1 Å². The molecule has 0 bridgehead atoms. The van der Waals surface area contributed by atoms with E-state index < -0.39 is 11.7 Å². The van der Waals surface area contributed by atoms with E-state index in [9.17, 15) is 18.0 Å². The van der Waals surface area contributed by atoms with Gasteiger partial charge in [0.2, 0.25) is 0 Å². The van der Waals surface area contributed by atoms with Gasteiger partial charge in [-0.3, -0.25) is 4.79 Å². The maximum Gasteiger partial charge on any atom is 0.417 e. The molecule has 6 nitrogen and oxygen atoms in total. The van der Waals surface area contributed by atoms with Gasteiger partial charge >= 0.3 is 6.18 Å². The Morgan fingerprint density at radius 2 is 2.03 bits per heavy atom. The number of halogens is 4. The summed E-state index contributed by atoms with van der Waals surface area (Å²) in [6.07, 6.45) is -3.89. The number of pyridine rings is 1. The van der Waals surface area contributed by atoms with Gasteiger partial charge in [-0.2, -0.15) is 13.2 Å². The largest absolute Gasteiger partial charge is 0.417 e. The number of carbonyl (C=O) groups is 1. The van der Waals surface area contributed by atoms with Gasteiger partial charge in [-0.1, -0.05) is 23.4 Å². The molecular weight excluding hydrogens is 409 g/mol. The summed E-state index contributed by atoms with van der Waals surface area (Å²) in [5, 5.41) is 4.23. The Hall–Kier alpha value is -2.65. The molecule has 1 aliphatic heterocycles. The summed E-state index contributed by atoms with van der Waals surface area (Å²) in [4.78, 5) is 18.9. The van der Waals surface area contributed by atoms with Crippen LogP contribution in [0.5, 0.6) is 0 Å². The minimum Gasteiger partial charge on any atom is -0.337 e. The van der Waals surface area contributed by atoms with Gasteiger partial charge in [0.25, 0.3) is 11.6 Å². The number of nitrogens with zero attached hydrogens (tertiary/aromatic N) is 3. The van der Waals surface area contributed by atoms with Gasteiger partial charge < -0.3 is 15.2 Å². The second kappa shape index (κ2) is 7.64. The minimum absolute atomic E-state index is 0. The van der Waals surface area contributed by atoms with Crippen LogP contribution in [0.1, 0.15) is 28.0 Å². The van der Waals surface area contributed by atoms with Crippen molar-refractivity contribution in [1.82, 2.24) is 15.0 Å². The molecule has 1 saturated heterocycles. The number of benzene rings is 1. The lowest BCUT2D eigenvalue weighted by Gasteiger charge is -2.17. The fourth-order valence-corrected chi connectivity index (χ4v) is 3.50. The van der Waals surface area contributed by atoms with Crippen LogP contribution in [0, 0.1) is 6.92 Å². The Labute approximate surface area is 170 Å². The van der Waals surface area contributed by atoms with E-state index >= 15 is 0 Å². The average Bonchev–Trinajstić information content (AvgIpc) is 3.26. The molecule has 1 atom stereocenters. The zero-order valence-corrected chi connectivity index (χ0v) is 16.2. The van der Waals surface area contributed by atoms with E-state index in [-0.39, 0.29) is 46.9 Å². The number of hydrogen-bond donors (Lipinski definition) is 1. The number of likely N-dealkylation sites (tertiary alicyclic amines) is 1. The van der Waals surface area contributed by atoms with Crippen LogP contribution in [0.25, 0.3) is 22.4 Å². The lowest BCUT2D eigenvalue weighted by molar-refractivity contribution is -0.137. The zero-order valence-electron chi connectivity index (χ0n) is 15.4.